The fourth-order valence-corrected chi connectivity index (χ4v) is 4.04. The van der Waals surface area contributed by atoms with Crippen molar-refractivity contribution in [3.63, 3.8) is 0 Å². The fourth-order valence-electron chi connectivity index (χ4n) is 4.04. The Morgan fingerprint density at radius 3 is 2.00 bits per heavy atom. The Morgan fingerprint density at radius 1 is 0.875 bits per heavy atom. The molecule has 0 aromatic heterocycles. The molecule has 1 heterocycles. The molecule has 1 aliphatic rings. The van der Waals surface area contributed by atoms with Gasteiger partial charge in [0.1, 0.15) is 0 Å². The lowest BCUT2D eigenvalue weighted by molar-refractivity contribution is -0.192. The molecular formula is C20H38F3N. The normalized spacial score (nSPS) is 22.5. The fraction of sp³-hybridized carbons (Fsp3) is 1.00. The second-order valence-corrected chi connectivity index (χ2v) is 7.95. The first-order valence-electron chi connectivity index (χ1n) is 10.1. The number of unbranched alkanes of at least 4 members (excludes halogenated alkanes) is 6. The zero-order chi connectivity index (χ0) is 18.1. The molecule has 2 unspecified atom stereocenters. The Balaban J connectivity index is 2.64. The van der Waals surface area contributed by atoms with Gasteiger partial charge in [-0.15, -0.1) is 0 Å². The van der Waals surface area contributed by atoms with Crippen molar-refractivity contribution < 1.29 is 13.2 Å². The van der Waals surface area contributed by atoms with Gasteiger partial charge in [0.2, 0.25) is 0 Å². The van der Waals surface area contributed by atoms with E-state index in [0.717, 1.165) is 38.6 Å². The number of nitrogens with zero attached hydrogens (tertiary/aromatic N) is 1. The van der Waals surface area contributed by atoms with Crippen molar-refractivity contribution in [2.45, 2.75) is 110 Å². The van der Waals surface area contributed by atoms with Gasteiger partial charge in [-0.05, 0) is 39.2 Å². The van der Waals surface area contributed by atoms with Crippen molar-refractivity contribution in [3.05, 3.63) is 0 Å². The quantitative estimate of drug-likeness (QED) is 0.364. The molecule has 1 fully saturated rings. The maximum atomic E-state index is 13.2. The molecule has 1 saturated heterocycles. The van der Waals surface area contributed by atoms with Gasteiger partial charge in [0.25, 0.3) is 0 Å². The van der Waals surface area contributed by atoms with Gasteiger partial charge in [0.05, 0.1) is 5.92 Å². The summed E-state index contributed by atoms with van der Waals surface area (Å²) in [6.45, 7) is 7.66. The summed E-state index contributed by atoms with van der Waals surface area (Å²) in [6, 6.07) is 0. The number of hydrogen-bond acceptors (Lipinski definition) is 1. The van der Waals surface area contributed by atoms with Crippen molar-refractivity contribution in [1.29, 1.82) is 0 Å². The average molecular weight is 350 g/mol. The molecule has 1 aliphatic heterocycles. The molecule has 2 atom stereocenters. The lowest BCUT2D eigenvalue weighted by atomic mass is 9.83. The monoisotopic (exact) mass is 349 g/mol. The summed E-state index contributed by atoms with van der Waals surface area (Å²) in [6.07, 6.45) is 8.64. The van der Waals surface area contributed by atoms with Gasteiger partial charge in [-0.25, -0.2) is 0 Å². The zero-order valence-corrected chi connectivity index (χ0v) is 16.1. The van der Waals surface area contributed by atoms with E-state index in [1.54, 1.807) is 0 Å². The largest absolute Gasteiger partial charge is 0.393 e. The first-order valence-corrected chi connectivity index (χ1v) is 10.1. The lowest BCUT2D eigenvalue weighted by Crippen LogP contribution is -2.53. The number of piperidine rings is 1. The van der Waals surface area contributed by atoms with Gasteiger partial charge in [0.15, 0.2) is 0 Å². The van der Waals surface area contributed by atoms with Crippen LogP contribution in [0.5, 0.6) is 0 Å². The molecule has 4 heteroatoms. The smallest absolute Gasteiger partial charge is 0.297 e. The Labute approximate surface area is 147 Å². The molecule has 0 spiro atoms. The van der Waals surface area contributed by atoms with Crippen molar-refractivity contribution in [3.8, 4) is 0 Å². The minimum atomic E-state index is -4.04. The standard InChI is InChI=1S/C20H38F3N/c1-4-6-8-9-11-15-19(3,14-10-7-5-2)24-16-12-13-18(17-24)20(21,22)23/h18H,4-17H2,1-3H3. The summed E-state index contributed by atoms with van der Waals surface area (Å²) < 4.78 is 39.5. The number of halogens is 3. The zero-order valence-electron chi connectivity index (χ0n) is 16.1. The van der Waals surface area contributed by atoms with E-state index in [2.05, 4.69) is 25.7 Å². The van der Waals surface area contributed by atoms with Crippen molar-refractivity contribution in [2.75, 3.05) is 13.1 Å². The second-order valence-electron chi connectivity index (χ2n) is 7.95. The van der Waals surface area contributed by atoms with Gasteiger partial charge in [-0.2, -0.15) is 13.2 Å². The Bertz CT molecular complexity index is 329. The van der Waals surface area contributed by atoms with Crippen LogP contribution < -0.4 is 0 Å². The Hall–Kier alpha value is -0.250. The average Bonchev–Trinajstić information content (AvgIpc) is 2.54. The third-order valence-corrected chi connectivity index (χ3v) is 5.79. The summed E-state index contributed by atoms with van der Waals surface area (Å²) in [5, 5.41) is 0. The molecule has 1 rings (SSSR count). The predicted molar refractivity (Wildman–Crippen MR) is 96.3 cm³/mol. The maximum Gasteiger partial charge on any atom is 0.393 e. The van der Waals surface area contributed by atoms with E-state index in [1.165, 1.54) is 32.1 Å². The molecule has 0 bridgehead atoms. The van der Waals surface area contributed by atoms with E-state index in [1.807, 2.05) is 0 Å². The summed E-state index contributed by atoms with van der Waals surface area (Å²) >= 11 is 0. The van der Waals surface area contributed by atoms with Crippen LogP contribution in [0.2, 0.25) is 0 Å². The molecule has 0 radical (unpaired) electrons. The Morgan fingerprint density at radius 2 is 1.42 bits per heavy atom. The van der Waals surface area contributed by atoms with E-state index in [4.69, 9.17) is 0 Å². The van der Waals surface area contributed by atoms with Crippen LogP contribution in [-0.4, -0.2) is 29.7 Å². The summed E-state index contributed by atoms with van der Waals surface area (Å²) in [5.74, 6) is -1.13. The van der Waals surface area contributed by atoms with E-state index < -0.39 is 12.1 Å². The molecular weight excluding hydrogens is 311 g/mol. The van der Waals surface area contributed by atoms with Crippen LogP contribution in [0.4, 0.5) is 13.2 Å². The van der Waals surface area contributed by atoms with Crippen LogP contribution in [0.3, 0.4) is 0 Å². The van der Waals surface area contributed by atoms with Crippen LogP contribution in [0.25, 0.3) is 0 Å². The van der Waals surface area contributed by atoms with E-state index in [0.29, 0.717) is 12.8 Å². The number of rotatable bonds is 11. The molecule has 0 aliphatic carbocycles. The first kappa shape index (κ1) is 21.8. The third kappa shape index (κ3) is 7.33. The third-order valence-electron chi connectivity index (χ3n) is 5.79. The SMILES string of the molecule is CCCCCCCC(C)(CCCCC)N1CCCC(C(F)(F)F)C1. The highest BCUT2D eigenvalue weighted by Crippen LogP contribution is 2.38. The van der Waals surface area contributed by atoms with Gasteiger partial charge < -0.3 is 0 Å². The van der Waals surface area contributed by atoms with E-state index >= 15 is 0 Å². The van der Waals surface area contributed by atoms with Crippen molar-refractivity contribution >= 4 is 0 Å². The molecule has 0 saturated carbocycles. The van der Waals surface area contributed by atoms with Gasteiger partial charge >= 0.3 is 6.18 Å². The van der Waals surface area contributed by atoms with Gasteiger partial charge in [-0.3, -0.25) is 4.90 Å². The number of alkyl halides is 3. The minimum Gasteiger partial charge on any atom is -0.297 e. The molecule has 0 N–H and O–H groups in total. The van der Waals surface area contributed by atoms with Crippen LogP contribution in [-0.2, 0) is 0 Å². The van der Waals surface area contributed by atoms with Crippen LogP contribution in [0, 0.1) is 5.92 Å². The van der Waals surface area contributed by atoms with Crippen LogP contribution in [0.15, 0.2) is 0 Å². The summed E-state index contributed by atoms with van der Waals surface area (Å²) in [4.78, 5) is 2.18. The second kappa shape index (κ2) is 10.7. The van der Waals surface area contributed by atoms with Crippen LogP contribution >= 0.6 is 0 Å². The minimum absolute atomic E-state index is 0.0503. The van der Waals surface area contributed by atoms with Crippen molar-refractivity contribution in [1.82, 2.24) is 4.90 Å². The summed E-state index contributed by atoms with van der Waals surface area (Å²) in [7, 11) is 0. The molecule has 144 valence electrons. The first-order chi connectivity index (χ1) is 11.3. The van der Waals surface area contributed by atoms with Crippen molar-refractivity contribution in [2.24, 2.45) is 5.92 Å². The molecule has 0 amide bonds. The molecule has 0 aromatic rings. The summed E-state index contributed by atoms with van der Waals surface area (Å²) in [5.41, 5.74) is -0.0503. The maximum absolute atomic E-state index is 13.2. The van der Waals surface area contributed by atoms with Gasteiger partial charge in [0, 0.05) is 12.1 Å². The molecule has 1 nitrogen and oxygen atoms in total. The van der Waals surface area contributed by atoms with E-state index in [-0.39, 0.29) is 12.1 Å². The predicted octanol–water partition coefficient (Wildman–Crippen LogP) is 6.96. The highest BCUT2D eigenvalue weighted by atomic mass is 19.4. The number of hydrogen-bond donors (Lipinski definition) is 0. The van der Waals surface area contributed by atoms with Gasteiger partial charge in [-0.1, -0.05) is 65.2 Å². The molecule has 0 aromatic carbocycles. The lowest BCUT2D eigenvalue weighted by Gasteiger charge is -2.46. The topological polar surface area (TPSA) is 3.24 Å². The Kier molecular flexibility index (Phi) is 9.69. The molecule has 24 heavy (non-hydrogen) atoms. The number of likely N-dealkylation sites (tertiary alicyclic amines) is 1. The van der Waals surface area contributed by atoms with Crippen LogP contribution in [0.1, 0.15) is 97.8 Å². The highest BCUT2D eigenvalue weighted by Gasteiger charge is 2.44. The highest BCUT2D eigenvalue weighted by molar-refractivity contribution is 4.91. The van der Waals surface area contributed by atoms with E-state index in [9.17, 15) is 13.2 Å².